The number of rotatable bonds is 7. The van der Waals surface area contributed by atoms with Crippen molar-refractivity contribution in [1.29, 1.82) is 0 Å². The van der Waals surface area contributed by atoms with Crippen LogP contribution in [0.4, 0.5) is 0 Å². The van der Waals surface area contributed by atoms with Gasteiger partial charge in [0.25, 0.3) is 0 Å². The number of carbonyl (C=O) groups excluding carboxylic acids is 2. The summed E-state index contributed by atoms with van der Waals surface area (Å²) in [5.41, 5.74) is 6.06. The minimum atomic E-state index is -0.777. The molecule has 1 aromatic carbocycles. The zero-order chi connectivity index (χ0) is 11.8. The first-order chi connectivity index (χ1) is 7.74. The number of nitrogens with two attached hydrogens (primary N) is 1. The summed E-state index contributed by atoms with van der Waals surface area (Å²) in [6.45, 7) is 0.453. The first kappa shape index (κ1) is 12.2. The van der Waals surface area contributed by atoms with Gasteiger partial charge in [0.2, 0.25) is 12.3 Å². The fourth-order valence-corrected chi connectivity index (χ4v) is 1.16. The van der Waals surface area contributed by atoms with E-state index in [0.717, 1.165) is 5.56 Å². The molecule has 1 aromatic rings. The third-order valence-electron chi connectivity index (χ3n) is 2.01. The van der Waals surface area contributed by atoms with E-state index >= 15 is 0 Å². The van der Waals surface area contributed by atoms with E-state index in [1.165, 1.54) is 0 Å². The van der Waals surface area contributed by atoms with Crippen molar-refractivity contribution in [2.45, 2.75) is 12.6 Å². The third kappa shape index (κ3) is 4.10. The van der Waals surface area contributed by atoms with Crippen molar-refractivity contribution in [2.24, 2.45) is 5.73 Å². The van der Waals surface area contributed by atoms with Crippen molar-refractivity contribution >= 4 is 12.3 Å². The van der Waals surface area contributed by atoms with Gasteiger partial charge in [0.1, 0.15) is 6.04 Å². The van der Waals surface area contributed by atoms with Crippen molar-refractivity contribution in [3.05, 3.63) is 35.9 Å². The Morgan fingerprint density at radius 1 is 1.44 bits per heavy atom. The fourth-order valence-electron chi connectivity index (χ4n) is 1.16. The van der Waals surface area contributed by atoms with Gasteiger partial charge < -0.3 is 15.8 Å². The van der Waals surface area contributed by atoms with E-state index in [9.17, 15) is 9.59 Å². The maximum Gasteiger partial charge on any atom is 0.242 e. The lowest BCUT2D eigenvalue weighted by Crippen LogP contribution is -2.43. The van der Waals surface area contributed by atoms with Crippen molar-refractivity contribution < 1.29 is 14.3 Å². The van der Waals surface area contributed by atoms with E-state index in [1.807, 2.05) is 30.3 Å². The highest BCUT2D eigenvalue weighted by Gasteiger charge is 2.13. The Balaban J connectivity index is 2.33. The van der Waals surface area contributed by atoms with Crippen molar-refractivity contribution in [3.8, 4) is 0 Å². The Bertz CT molecular complexity index is 340. The van der Waals surface area contributed by atoms with Crippen LogP contribution in [0.1, 0.15) is 5.56 Å². The average molecular weight is 222 g/mol. The van der Waals surface area contributed by atoms with Crippen LogP contribution in [0.25, 0.3) is 0 Å². The maximum absolute atomic E-state index is 10.9. The second-order valence-electron chi connectivity index (χ2n) is 3.24. The van der Waals surface area contributed by atoms with E-state index in [-0.39, 0.29) is 6.61 Å². The average Bonchev–Trinajstić information content (AvgIpc) is 2.29. The number of ether oxygens (including phenoxy) is 1. The number of hydrogen-bond donors (Lipinski definition) is 2. The second-order valence-corrected chi connectivity index (χ2v) is 3.24. The second kappa shape index (κ2) is 6.58. The molecule has 0 spiro atoms. The number of benzene rings is 1. The normalized spacial score (nSPS) is 11.8. The zero-order valence-corrected chi connectivity index (χ0v) is 8.76. The van der Waals surface area contributed by atoms with Crippen LogP contribution in [0.5, 0.6) is 0 Å². The van der Waals surface area contributed by atoms with Gasteiger partial charge in [-0.1, -0.05) is 30.3 Å². The molecule has 0 radical (unpaired) electrons. The number of hydrogen-bond acceptors (Lipinski definition) is 3. The van der Waals surface area contributed by atoms with Gasteiger partial charge in [0, 0.05) is 0 Å². The summed E-state index contributed by atoms with van der Waals surface area (Å²) in [5, 5.41) is 2.29. The molecular weight excluding hydrogens is 208 g/mol. The maximum atomic E-state index is 10.9. The summed E-state index contributed by atoms with van der Waals surface area (Å²) in [4.78, 5) is 21.0. The van der Waals surface area contributed by atoms with Crippen molar-refractivity contribution in [2.75, 3.05) is 6.61 Å². The summed E-state index contributed by atoms with van der Waals surface area (Å²) in [5.74, 6) is -0.611. The molecule has 16 heavy (non-hydrogen) atoms. The highest BCUT2D eigenvalue weighted by molar-refractivity contribution is 5.81. The zero-order valence-electron chi connectivity index (χ0n) is 8.76. The predicted molar refractivity (Wildman–Crippen MR) is 58.3 cm³/mol. The number of amides is 2. The van der Waals surface area contributed by atoms with Gasteiger partial charge in [0.05, 0.1) is 13.2 Å². The van der Waals surface area contributed by atoms with Crippen LogP contribution in [0.15, 0.2) is 30.3 Å². The molecule has 0 aliphatic rings. The van der Waals surface area contributed by atoms with Crippen LogP contribution in [-0.4, -0.2) is 25.0 Å². The Morgan fingerprint density at radius 2 is 2.12 bits per heavy atom. The summed E-state index contributed by atoms with van der Waals surface area (Å²) in [7, 11) is 0. The van der Waals surface area contributed by atoms with E-state index in [4.69, 9.17) is 10.5 Å². The van der Waals surface area contributed by atoms with E-state index in [1.54, 1.807) is 0 Å². The molecule has 5 heteroatoms. The molecule has 3 N–H and O–H groups in total. The summed E-state index contributed by atoms with van der Waals surface area (Å²) in [6.07, 6.45) is 0.432. The predicted octanol–water partition coefficient (Wildman–Crippen LogP) is -0.197. The molecule has 1 rings (SSSR count). The van der Waals surface area contributed by atoms with Gasteiger partial charge in [-0.15, -0.1) is 0 Å². The number of carbonyl (C=O) groups is 2. The Hall–Kier alpha value is -1.88. The molecular formula is C11H14N2O3. The molecule has 0 bridgehead atoms. The molecule has 0 heterocycles. The lowest BCUT2D eigenvalue weighted by Gasteiger charge is -2.12. The Labute approximate surface area is 93.6 Å². The van der Waals surface area contributed by atoms with E-state index < -0.39 is 11.9 Å². The topological polar surface area (TPSA) is 81.4 Å². The van der Waals surface area contributed by atoms with Crippen LogP contribution >= 0.6 is 0 Å². The molecule has 0 saturated heterocycles. The minimum absolute atomic E-state index is 0.0724. The number of primary amides is 1. The smallest absolute Gasteiger partial charge is 0.242 e. The van der Waals surface area contributed by atoms with Gasteiger partial charge in [-0.05, 0) is 5.56 Å². The molecule has 0 saturated carbocycles. The molecule has 86 valence electrons. The largest absolute Gasteiger partial charge is 0.374 e. The molecule has 1 atom stereocenters. The highest BCUT2D eigenvalue weighted by Crippen LogP contribution is 2.00. The molecule has 0 unspecified atom stereocenters. The first-order valence-corrected chi connectivity index (χ1v) is 4.84. The van der Waals surface area contributed by atoms with Crippen molar-refractivity contribution in [3.63, 3.8) is 0 Å². The molecule has 0 aromatic heterocycles. The summed E-state index contributed by atoms with van der Waals surface area (Å²) >= 11 is 0. The standard InChI is InChI=1S/C11H14N2O3/c12-11(15)10(13-8-14)7-16-6-9-4-2-1-3-5-9/h1-5,8,10H,6-7H2,(H2,12,15)(H,13,14)/t10-/m0/s1. The molecule has 0 aliphatic heterocycles. The Morgan fingerprint density at radius 3 is 2.69 bits per heavy atom. The van der Waals surface area contributed by atoms with Crippen LogP contribution in [0.3, 0.4) is 0 Å². The summed E-state index contributed by atoms with van der Waals surface area (Å²) < 4.78 is 5.27. The van der Waals surface area contributed by atoms with Crippen LogP contribution in [0, 0.1) is 0 Å². The van der Waals surface area contributed by atoms with Gasteiger partial charge >= 0.3 is 0 Å². The van der Waals surface area contributed by atoms with E-state index in [2.05, 4.69) is 5.32 Å². The summed E-state index contributed by atoms with van der Waals surface area (Å²) in [6, 6.07) is 8.74. The SMILES string of the molecule is NC(=O)[C@H](COCc1ccccc1)NC=O. The van der Waals surface area contributed by atoms with Crippen LogP contribution in [-0.2, 0) is 20.9 Å². The van der Waals surface area contributed by atoms with Crippen molar-refractivity contribution in [1.82, 2.24) is 5.32 Å². The quantitative estimate of drug-likeness (QED) is 0.627. The number of nitrogens with one attached hydrogen (secondary N) is 1. The molecule has 5 nitrogen and oxygen atoms in total. The van der Waals surface area contributed by atoms with Gasteiger partial charge in [-0.2, -0.15) is 0 Å². The molecule has 2 amide bonds. The Kier molecular flexibility index (Phi) is 5.01. The lowest BCUT2D eigenvalue weighted by molar-refractivity contribution is -0.124. The fraction of sp³-hybridized carbons (Fsp3) is 0.273. The van der Waals surface area contributed by atoms with Crippen LogP contribution in [0.2, 0.25) is 0 Å². The lowest BCUT2D eigenvalue weighted by atomic mass is 10.2. The molecule has 0 fully saturated rings. The highest BCUT2D eigenvalue weighted by atomic mass is 16.5. The monoisotopic (exact) mass is 222 g/mol. The van der Waals surface area contributed by atoms with Gasteiger partial charge in [-0.3, -0.25) is 9.59 Å². The third-order valence-corrected chi connectivity index (χ3v) is 2.01. The van der Waals surface area contributed by atoms with Gasteiger partial charge in [-0.25, -0.2) is 0 Å². The molecule has 0 aliphatic carbocycles. The first-order valence-electron chi connectivity index (χ1n) is 4.84. The van der Waals surface area contributed by atoms with Crippen LogP contribution < -0.4 is 11.1 Å². The minimum Gasteiger partial charge on any atom is -0.374 e. The van der Waals surface area contributed by atoms with E-state index in [0.29, 0.717) is 13.0 Å². The van der Waals surface area contributed by atoms with Gasteiger partial charge in [0.15, 0.2) is 0 Å².